The molecule has 0 radical (unpaired) electrons. The van der Waals surface area contributed by atoms with Gasteiger partial charge in [-0.3, -0.25) is 9.69 Å². The molecule has 1 aliphatic heterocycles. The van der Waals surface area contributed by atoms with Gasteiger partial charge in [-0.25, -0.2) is 8.42 Å². The van der Waals surface area contributed by atoms with Crippen LogP contribution < -0.4 is 5.73 Å². The predicted molar refractivity (Wildman–Crippen MR) is 107 cm³/mol. The van der Waals surface area contributed by atoms with Crippen LogP contribution in [-0.4, -0.2) is 54.3 Å². The molecule has 7 nitrogen and oxygen atoms in total. The number of piperazine rings is 1. The molecule has 28 heavy (non-hydrogen) atoms. The number of aryl methyl sites for hydroxylation is 3. The van der Waals surface area contributed by atoms with Gasteiger partial charge in [-0.2, -0.15) is 4.31 Å². The Morgan fingerprint density at radius 3 is 2.50 bits per heavy atom. The molecule has 1 amide bonds. The summed E-state index contributed by atoms with van der Waals surface area (Å²) in [7, 11) is -2.01. The van der Waals surface area contributed by atoms with E-state index in [1.807, 2.05) is 0 Å². The van der Waals surface area contributed by atoms with Crippen LogP contribution in [0.4, 0.5) is 0 Å². The molecule has 0 saturated carbocycles. The lowest BCUT2D eigenvalue weighted by Gasteiger charge is -2.37. The lowest BCUT2D eigenvalue weighted by Crippen LogP contribution is -2.49. The van der Waals surface area contributed by atoms with Crippen LogP contribution in [0.2, 0.25) is 0 Å². The molecule has 1 saturated heterocycles. The van der Waals surface area contributed by atoms with Gasteiger partial charge in [-0.1, -0.05) is 23.8 Å². The quantitative estimate of drug-likeness (QED) is 0.838. The van der Waals surface area contributed by atoms with Crippen molar-refractivity contribution in [2.24, 2.45) is 12.8 Å². The first-order chi connectivity index (χ1) is 13.3. The molecule has 0 unspecified atom stereocenters. The summed E-state index contributed by atoms with van der Waals surface area (Å²) in [5.41, 5.74) is 9.59. The third-order valence-electron chi connectivity index (χ3n) is 5.93. The summed E-state index contributed by atoms with van der Waals surface area (Å²) in [6.07, 6.45) is 3.63. The summed E-state index contributed by atoms with van der Waals surface area (Å²) in [5.74, 6) is -0.635. The molecule has 0 spiro atoms. The van der Waals surface area contributed by atoms with Crippen LogP contribution in [0, 0.1) is 6.92 Å². The molecular formula is C20H26N4O3S. The SMILES string of the molecule is Cc1ccc2c(c1)CC[C@@H]2N1CCN(S(=O)(=O)c2cc(C(N)=O)n(C)c2)CC1. The van der Waals surface area contributed by atoms with Crippen molar-refractivity contribution in [3.63, 3.8) is 0 Å². The fraction of sp³-hybridized carbons (Fsp3) is 0.450. The van der Waals surface area contributed by atoms with Crippen LogP contribution >= 0.6 is 0 Å². The minimum atomic E-state index is -3.63. The van der Waals surface area contributed by atoms with E-state index >= 15 is 0 Å². The van der Waals surface area contributed by atoms with Gasteiger partial charge in [0.2, 0.25) is 10.0 Å². The van der Waals surface area contributed by atoms with Crippen LogP contribution in [0.25, 0.3) is 0 Å². The van der Waals surface area contributed by atoms with Crippen molar-refractivity contribution < 1.29 is 13.2 Å². The minimum Gasteiger partial charge on any atom is -0.364 e. The zero-order valence-corrected chi connectivity index (χ0v) is 17.1. The van der Waals surface area contributed by atoms with Gasteiger partial charge < -0.3 is 10.3 Å². The fourth-order valence-corrected chi connectivity index (χ4v) is 5.92. The van der Waals surface area contributed by atoms with E-state index in [1.54, 1.807) is 7.05 Å². The molecule has 1 aromatic heterocycles. The number of primary amides is 1. The number of benzene rings is 1. The number of hydrogen-bond donors (Lipinski definition) is 1. The minimum absolute atomic E-state index is 0.124. The normalized spacial score (nSPS) is 21.0. The fourth-order valence-electron chi connectivity index (χ4n) is 4.43. The van der Waals surface area contributed by atoms with Crippen molar-refractivity contribution >= 4 is 15.9 Å². The maximum absolute atomic E-state index is 13.0. The molecule has 0 bridgehead atoms. The molecule has 2 aromatic rings. The summed E-state index contributed by atoms with van der Waals surface area (Å²) >= 11 is 0. The number of amides is 1. The smallest absolute Gasteiger partial charge is 0.265 e. The third-order valence-corrected chi connectivity index (χ3v) is 7.79. The van der Waals surface area contributed by atoms with E-state index in [0.29, 0.717) is 32.2 Å². The standard InChI is InChI=1S/C20H26N4O3S/c1-14-3-5-17-15(11-14)4-6-18(17)23-7-9-24(10-8-23)28(26,27)16-12-19(20(21)25)22(2)13-16/h3,5,11-13,18H,4,6-10H2,1-2H3,(H2,21,25)/t18-/m0/s1. The molecule has 2 aliphatic rings. The van der Waals surface area contributed by atoms with Crippen LogP contribution in [0.5, 0.6) is 0 Å². The predicted octanol–water partition coefficient (Wildman–Crippen LogP) is 1.43. The van der Waals surface area contributed by atoms with Gasteiger partial charge in [0.1, 0.15) is 10.6 Å². The first-order valence-electron chi connectivity index (χ1n) is 9.57. The lowest BCUT2D eigenvalue weighted by molar-refractivity contribution is 0.0992. The Balaban J connectivity index is 1.47. The van der Waals surface area contributed by atoms with Gasteiger partial charge in [-0.15, -0.1) is 0 Å². The summed E-state index contributed by atoms with van der Waals surface area (Å²) in [5, 5.41) is 0. The lowest BCUT2D eigenvalue weighted by atomic mass is 10.0. The second-order valence-corrected chi connectivity index (χ2v) is 9.67. The van der Waals surface area contributed by atoms with E-state index in [1.165, 1.54) is 37.8 Å². The second kappa shape index (κ2) is 7.02. The number of nitrogens with zero attached hydrogens (tertiary/aromatic N) is 3. The zero-order valence-electron chi connectivity index (χ0n) is 16.3. The Kier molecular flexibility index (Phi) is 4.81. The summed E-state index contributed by atoms with van der Waals surface area (Å²) < 4.78 is 28.9. The van der Waals surface area contributed by atoms with Gasteiger partial charge >= 0.3 is 0 Å². The van der Waals surface area contributed by atoms with Crippen LogP contribution in [0.1, 0.15) is 39.6 Å². The molecular weight excluding hydrogens is 376 g/mol. The Morgan fingerprint density at radius 2 is 1.86 bits per heavy atom. The molecule has 4 rings (SSSR count). The van der Waals surface area contributed by atoms with Crippen LogP contribution in [0.3, 0.4) is 0 Å². The number of carbonyl (C=O) groups excluding carboxylic acids is 1. The summed E-state index contributed by atoms with van der Waals surface area (Å²) in [6.45, 7) is 4.41. The van der Waals surface area contributed by atoms with Crippen molar-refractivity contribution in [3.05, 3.63) is 52.8 Å². The van der Waals surface area contributed by atoms with Crippen molar-refractivity contribution in [1.82, 2.24) is 13.8 Å². The number of nitrogens with two attached hydrogens (primary N) is 1. The largest absolute Gasteiger partial charge is 0.364 e. The molecule has 1 fully saturated rings. The van der Waals surface area contributed by atoms with Gasteiger partial charge in [0, 0.05) is 45.5 Å². The maximum atomic E-state index is 13.0. The molecule has 8 heteroatoms. The number of fused-ring (bicyclic) bond motifs is 1. The average molecular weight is 403 g/mol. The molecule has 2 heterocycles. The summed E-state index contributed by atoms with van der Waals surface area (Å²) in [6, 6.07) is 8.38. The van der Waals surface area contributed by atoms with E-state index in [4.69, 9.17) is 5.73 Å². The van der Waals surface area contributed by atoms with Gasteiger partial charge in [0.05, 0.1) is 0 Å². The molecule has 1 aromatic carbocycles. The Morgan fingerprint density at radius 1 is 1.14 bits per heavy atom. The first kappa shape index (κ1) is 19.2. The van der Waals surface area contributed by atoms with Gasteiger partial charge in [-0.05, 0) is 37.0 Å². The Bertz CT molecular complexity index is 1020. The third kappa shape index (κ3) is 3.25. The topological polar surface area (TPSA) is 88.6 Å². The van der Waals surface area contributed by atoms with Gasteiger partial charge in [0.25, 0.3) is 5.91 Å². The number of sulfonamides is 1. The highest BCUT2D eigenvalue weighted by Crippen LogP contribution is 2.37. The first-order valence-corrected chi connectivity index (χ1v) is 11.0. The van der Waals surface area contributed by atoms with E-state index in [-0.39, 0.29) is 10.6 Å². The molecule has 1 aliphatic carbocycles. The Hall–Kier alpha value is -2.16. The number of hydrogen-bond acceptors (Lipinski definition) is 4. The molecule has 1 atom stereocenters. The number of aromatic nitrogens is 1. The second-order valence-electron chi connectivity index (χ2n) is 7.73. The highest BCUT2D eigenvalue weighted by atomic mass is 32.2. The van der Waals surface area contributed by atoms with E-state index in [2.05, 4.69) is 30.0 Å². The van der Waals surface area contributed by atoms with Crippen LogP contribution in [-0.2, 0) is 23.5 Å². The van der Waals surface area contributed by atoms with Gasteiger partial charge in [0.15, 0.2) is 0 Å². The van der Waals surface area contributed by atoms with Crippen molar-refractivity contribution in [2.75, 3.05) is 26.2 Å². The Labute approximate surface area is 165 Å². The summed E-state index contributed by atoms with van der Waals surface area (Å²) in [4.78, 5) is 14.0. The average Bonchev–Trinajstić information content (AvgIpc) is 3.25. The number of rotatable bonds is 4. The van der Waals surface area contributed by atoms with E-state index in [0.717, 1.165) is 12.8 Å². The maximum Gasteiger partial charge on any atom is 0.265 e. The van der Waals surface area contributed by atoms with E-state index < -0.39 is 15.9 Å². The highest BCUT2D eigenvalue weighted by Gasteiger charge is 2.34. The molecule has 2 N–H and O–H groups in total. The molecule has 150 valence electrons. The monoisotopic (exact) mass is 402 g/mol. The van der Waals surface area contributed by atoms with Crippen LogP contribution in [0.15, 0.2) is 35.4 Å². The number of carbonyl (C=O) groups is 1. The van der Waals surface area contributed by atoms with Crippen molar-refractivity contribution in [2.45, 2.75) is 30.7 Å². The van der Waals surface area contributed by atoms with Crippen molar-refractivity contribution in [1.29, 1.82) is 0 Å². The zero-order chi connectivity index (χ0) is 20.1. The highest BCUT2D eigenvalue weighted by molar-refractivity contribution is 7.89. The van der Waals surface area contributed by atoms with E-state index in [9.17, 15) is 13.2 Å². The van der Waals surface area contributed by atoms with Crippen molar-refractivity contribution in [3.8, 4) is 0 Å².